The molecule has 34 heavy (non-hydrogen) atoms. The molecule has 1 amide bonds. The number of rotatable bonds is 7. The van der Waals surface area contributed by atoms with E-state index in [-0.39, 0.29) is 28.1 Å². The molecule has 0 aliphatic heterocycles. The molecule has 0 fully saturated rings. The smallest absolute Gasteiger partial charge is 0.262 e. The molecule has 4 aromatic rings. The Morgan fingerprint density at radius 2 is 1.85 bits per heavy atom. The zero-order valence-corrected chi connectivity index (χ0v) is 20.3. The summed E-state index contributed by atoms with van der Waals surface area (Å²) in [5.41, 5.74) is 3.51. The third kappa shape index (κ3) is 4.89. The Balaban J connectivity index is 1.47. The van der Waals surface area contributed by atoms with Gasteiger partial charge in [0.2, 0.25) is 15.9 Å². The van der Waals surface area contributed by atoms with E-state index in [0.29, 0.717) is 5.65 Å². The lowest BCUT2D eigenvalue weighted by atomic mass is 10.1. The van der Waals surface area contributed by atoms with Gasteiger partial charge in [-0.15, -0.1) is 5.10 Å². The highest BCUT2D eigenvalue weighted by Crippen LogP contribution is 2.27. The maximum Gasteiger partial charge on any atom is 0.262 e. The number of fused-ring (bicyclic) bond motifs is 1. The monoisotopic (exact) mass is 499 g/mol. The SMILES string of the molecule is Cc1cc(-c2ccccc2)nc2cc(OCC(=O)Nc3ccc(Cl)c(S(=O)(=O)N(C)C)c3)nn12. The predicted octanol–water partition coefficient (Wildman–Crippen LogP) is 3.63. The average molecular weight is 500 g/mol. The molecule has 0 bridgehead atoms. The number of aryl methyl sites for hydroxylation is 1. The third-order valence-electron chi connectivity index (χ3n) is 4.98. The lowest BCUT2D eigenvalue weighted by Gasteiger charge is -2.14. The van der Waals surface area contributed by atoms with E-state index in [4.69, 9.17) is 16.3 Å². The van der Waals surface area contributed by atoms with Gasteiger partial charge in [0.15, 0.2) is 12.3 Å². The summed E-state index contributed by atoms with van der Waals surface area (Å²) < 4.78 is 33.1. The number of nitrogens with one attached hydrogen (secondary N) is 1. The number of sulfonamides is 1. The second-order valence-electron chi connectivity index (χ2n) is 7.67. The van der Waals surface area contributed by atoms with Crippen molar-refractivity contribution in [1.82, 2.24) is 18.9 Å². The van der Waals surface area contributed by atoms with Gasteiger partial charge in [-0.3, -0.25) is 4.79 Å². The molecule has 9 nitrogen and oxygen atoms in total. The number of hydrogen-bond acceptors (Lipinski definition) is 6. The number of halogens is 1. The molecule has 176 valence electrons. The van der Waals surface area contributed by atoms with Crippen LogP contribution in [0, 0.1) is 6.92 Å². The molecule has 0 saturated carbocycles. The second kappa shape index (κ2) is 9.41. The van der Waals surface area contributed by atoms with Crippen LogP contribution in [0.5, 0.6) is 5.88 Å². The van der Waals surface area contributed by atoms with Gasteiger partial charge in [-0.1, -0.05) is 41.9 Å². The van der Waals surface area contributed by atoms with Crippen molar-refractivity contribution in [3.8, 4) is 17.1 Å². The molecule has 0 atom stereocenters. The Kier molecular flexibility index (Phi) is 6.56. The summed E-state index contributed by atoms with van der Waals surface area (Å²) in [6.45, 7) is 1.58. The number of aromatic nitrogens is 3. The molecule has 0 radical (unpaired) electrons. The summed E-state index contributed by atoms with van der Waals surface area (Å²) >= 11 is 6.04. The van der Waals surface area contributed by atoms with Crippen molar-refractivity contribution in [2.75, 3.05) is 26.0 Å². The Morgan fingerprint density at radius 1 is 1.12 bits per heavy atom. The topological polar surface area (TPSA) is 106 Å². The van der Waals surface area contributed by atoms with Gasteiger partial charge < -0.3 is 10.1 Å². The molecule has 0 saturated heterocycles. The van der Waals surface area contributed by atoms with E-state index in [1.165, 1.54) is 32.3 Å². The van der Waals surface area contributed by atoms with E-state index in [1.807, 2.05) is 43.3 Å². The van der Waals surface area contributed by atoms with Crippen molar-refractivity contribution in [2.24, 2.45) is 0 Å². The lowest BCUT2D eigenvalue weighted by Crippen LogP contribution is -2.23. The molecule has 0 unspecified atom stereocenters. The fraction of sp³-hybridized carbons (Fsp3) is 0.174. The van der Waals surface area contributed by atoms with Crippen molar-refractivity contribution >= 4 is 38.9 Å². The van der Waals surface area contributed by atoms with Crippen LogP contribution in [0.4, 0.5) is 5.69 Å². The van der Waals surface area contributed by atoms with E-state index >= 15 is 0 Å². The molecule has 0 spiro atoms. The molecular weight excluding hydrogens is 478 g/mol. The summed E-state index contributed by atoms with van der Waals surface area (Å²) in [6.07, 6.45) is 0. The Bertz CT molecular complexity index is 1470. The lowest BCUT2D eigenvalue weighted by molar-refractivity contribution is -0.118. The van der Waals surface area contributed by atoms with Crippen LogP contribution in [-0.4, -0.2) is 53.9 Å². The maximum atomic E-state index is 12.4. The van der Waals surface area contributed by atoms with Gasteiger partial charge in [0.05, 0.1) is 10.7 Å². The first-order valence-corrected chi connectivity index (χ1v) is 12.0. The highest BCUT2D eigenvalue weighted by molar-refractivity contribution is 7.89. The minimum Gasteiger partial charge on any atom is -0.466 e. The van der Waals surface area contributed by atoms with Gasteiger partial charge in [-0.05, 0) is 31.2 Å². The Morgan fingerprint density at radius 3 is 2.56 bits per heavy atom. The molecule has 1 N–H and O–H groups in total. The summed E-state index contributed by atoms with van der Waals surface area (Å²) in [7, 11) is -0.961. The van der Waals surface area contributed by atoms with Gasteiger partial charge in [0.1, 0.15) is 4.90 Å². The first-order chi connectivity index (χ1) is 16.1. The number of carbonyl (C=O) groups is 1. The molecular formula is C23H22ClN5O4S. The number of benzene rings is 2. The molecule has 0 aliphatic carbocycles. The highest BCUT2D eigenvalue weighted by Gasteiger charge is 2.21. The van der Waals surface area contributed by atoms with Gasteiger partial charge in [0.25, 0.3) is 5.91 Å². The second-order valence-corrected chi connectivity index (χ2v) is 10.2. The molecule has 2 aromatic heterocycles. The number of ether oxygens (including phenoxy) is 1. The first kappa shape index (κ1) is 23.7. The summed E-state index contributed by atoms with van der Waals surface area (Å²) in [5, 5.41) is 7.02. The number of anilines is 1. The normalized spacial score (nSPS) is 11.7. The number of carbonyl (C=O) groups excluding carboxylic acids is 1. The van der Waals surface area contributed by atoms with Gasteiger partial charge >= 0.3 is 0 Å². The average Bonchev–Trinajstić information content (AvgIpc) is 3.23. The Labute approximate surface area is 202 Å². The molecule has 11 heteroatoms. The molecule has 0 aliphatic rings. The summed E-state index contributed by atoms with van der Waals surface area (Å²) in [6, 6.07) is 17.6. The van der Waals surface area contributed by atoms with Gasteiger partial charge in [-0.2, -0.15) is 0 Å². The standard InChI is InChI=1S/C23H22ClN5O4S/c1-15-11-19(16-7-5-4-6-8-16)26-21-13-23(27-29(15)21)33-14-22(30)25-17-9-10-18(24)20(12-17)34(31,32)28(2)3/h4-13H,14H2,1-3H3,(H,25,30). The number of hydrogen-bond donors (Lipinski definition) is 1. The van der Waals surface area contributed by atoms with Crippen LogP contribution in [0.25, 0.3) is 16.9 Å². The third-order valence-corrected chi connectivity index (χ3v) is 7.27. The summed E-state index contributed by atoms with van der Waals surface area (Å²) in [5.74, 6) is -0.245. The van der Waals surface area contributed by atoms with Crippen LogP contribution in [0.2, 0.25) is 5.02 Å². The van der Waals surface area contributed by atoms with E-state index in [0.717, 1.165) is 21.3 Å². The zero-order chi connectivity index (χ0) is 24.5. The quantitative estimate of drug-likeness (QED) is 0.416. The van der Waals surface area contributed by atoms with Crippen LogP contribution in [-0.2, 0) is 14.8 Å². The van der Waals surface area contributed by atoms with E-state index in [9.17, 15) is 13.2 Å². The van der Waals surface area contributed by atoms with Crippen molar-refractivity contribution in [2.45, 2.75) is 11.8 Å². The molecule has 2 heterocycles. The molecule has 4 rings (SSSR count). The van der Waals surface area contributed by atoms with Crippen LogP contribution in [0.3, 0.4) is 0 Å². The van der Waals surface area contributed by atoms with Crippen LogP contribution in [0.15, 0.2) is 65.6 Å². The number of nitrogens with zero attached hydrogens (tertiary/aromatic N) is 4. The van der Waals surface area contributed by atoms with Crippen molar-refractivity contribution in [3.05, 3.63) is 71.4 Å². The van der Waals surface area contributed by atoms with E-state index in [1.54, 1.807) is 10.6 Å². The van der Waals surface area contributed by atoms with Gasteiger partial charge in [-0.25, -0.2) is 22.2 Å². The van der Waals surface area contributed by atoms with Crippen molar-refractivity contribution in [3.63, 3.8) is 0 Å². The maximum absolute atomic E-state index is 12.4. The van der Waals surface area contributed by atoms with Crippen LogP contribution >= 0.6 is 11.6 Å². The van der Waals surface area contributed by atoms with Crippen molar-refractivity contribution < 1.29 is 17.9 Å². The predicted molar refractivity (Wildman–Crippen MR) is 130 cm³/mol. The van der Waals surface area contributed by atoms with Gasteiger partial charge in [0, 0.05) is 37.1 Å². The highest BCUT2D eigenvalue weighted by atomic mass is 35.5. The number of amides is 1. The summed E-state index contributed by atoms with van der Waals surface area (Å²) in [4.78, 5) is 16.9. The fourth-order valence-electron chi connectivity index (χ4n) is 3.24. The largest absolute Gasteiger partial charge is 0.466 e. The molecule has 2 aromatic carbocycles. The minimum atomic E-state index is -3.76. The van der Waals surface area contributed by atoms with Crippen LogP contribution in [0.1, 0.15) is 5.69 Å². The first-order valence-electron chi connectivity index (χ1n) is 10.2. The Hall–Kier alpha value is -3.47. The van der Waals surface area contributed by atoms with E-state index < -0.39 is 15.9 Å². The minimum absolute atomic E-state index is 0.0605. The fourth-order valence-corrected chi connectivity index (χ4v) is 4.64. The van der Waals surface area contributed by atoms with Crippen molar-refractivity contribution in [1.29, 1.82) is 0 Å². The zero-order valence-electron chi connectivity index (χ0n) is 18.7. The van der Waals surface area contributed by atoms with Crippen LogP contribution < -0.4 is 10.1 Å². The van der Waals surface area contributed by atoms with E-state index in [2.05, 4.69) is 15.4 Å².